The molecule has 0 spiro atoms. The molecule has 0 radical (unpaired) electrons. The second-order valence-corrected chi connectivity index (χ2v) is 9.68. The first-order valence-corrected chi connectivity index (χ1v) is 10.1. The van der Waals surface area contributed by atoms with Gasteiger partial charge in [-0.05, 0) is 30.6 Å². The molecule has 1 aromatic rings. The highest BCUT2D eigenvalue weighted by molar-refractivity contribution is 7.50. The summed E-state index contributed by atoms with van der Waals surface area (Å²) in [5.74, 6) is -0.444. The normalized spacial score (nSPS) is 27.9. The van der Waals surface area contributed by atoms with Gasteiger partial charge in [0.15, 0.2) is 0 Å². The molecule has 1 aliphatic rings. The van der Waals surface area contributed by atoms with Crippen LogP contribution in [0.25, 0.3) is 0 Å². The van der Waals surface area contributed by atoms with Crippen molar-refractivity contribution in [1.29, 1.82) is 0 Å². The van der Waals surface area contributed by atoms with Gasteiger partial charge in [-0.1, -0.05) is 27.7 Å². The second kappa shape index (κ2) is 6.83. The molecule has 0 aliphatic carbocycles. The lowest BCUT2D eigenvalue weighted by atomic mass is 9.74. The van der Waals surface area contributed by atoms with E-state index in [9.17, 15) is 23.9 Å². The van der Waals surface area contributed by atoms with Crippen LogP contribution in [0, 0.1) is 24.2 Å². The minimum absolute atomic E-state index is 0.0156. The van der Waals surface area contributed by atoms with E-state index in [0.717, 1.165) is 0 Å². The Hall–Kier alpha value is -1.21. The molecule has 8 nitrogen and oxygen atoms in total. The van der Waals surface area contributed by atoms with Crippen molar-refractivity contribution in [1.82, 2.24) is 9.55 Å². The molecule has 0 saturated carbocycles. The molecular formula is C16H26N2O6P-. The van der Waals surface area contributed by atoms with E-state index in [2.05, 4.69) is 4.98 Å². The number of aryl methyl sites for hydroxylation is 1. The van der Waals surface area contributed by atoms with Gasteiger partial charge in [-0.15, -0.1) is 0 Å². The topological polar surface area (TPSA) is 124 Å². The summed E-state index contributed by atoms with van der Waals surface area (Å²) in [6, 6.07) is 0. The number of hydrogen-bond acceptors (Lipinski definition) is 5. The lowest BCUT2D eigenvalue weighted by Gasteiger charge is -2.35. The van der Waals surface area contributed by atoms with Gasteiger partial charge in [0, 0.05) is 17.9 Å². The Morgan fingerprint density at radius 1 is 1.48 bits per heavy atom. The van der Waals surface area contributed by atoms with Gasteiger partial charge < -0.3 is 19.1 Å². The van der Waals surface area contributed by atoms with Crippen LogP contribution in [0.2, 0.25) is 0 Å². The molecule has 9 heteroatoms. The summed E-state index contributed by atoms with van der Waals surface area (Å²) in [7, 11) is -4.41. The third-order valence-corrected chi connectivity index (χ3v) is 5.85. The van der Waals surface area contributed by atoms with E-state index < -0.39 is 37.1 Å². The predicted octanol–water partition coefficient (Wildman–Crippen LogP) is 0.977. The van der Waals surface area contributed by atoms with Crippen LogP contribution in [0.5, 0.6) is 0 Å². The molecule has 5 atom stereocenters. The minimum Gasteiger partial charge on any atom is -0.779 e. The standard InChI is InChI=1S/C16H27N2O6P/c1-9-7-18(15(20)17-14(9)19)12-6-11(16(3,4)5)13(24-12)10(2)8-25(21,22)23/h7,10-13H,6,8H2,1-5H3,(H,17,19,20)(H2,21,22,23)/p-1/t10?,11?,12-,13-/m1/s1. The molecule has 1 aliphatic heterocycles. The van der Waals surface area contributed by atoms with Gasteiger partial charge in [0.1, 0.15) is 13.8 Å². The van der Waals surface area contributed by atoms with Gasteiger partial charge in [0.05, 0.1) is 6.10 Å². The third-order valence-electron chi connectivity index (χ3n) is 4.81. The first-order chi connectivity index (χ1) is 11.3. The lowest BCUT2D eigenvalue weighted by molar-refractivity contribution is -0.194. The van der Waals surface area contributed by atoms with E-state index in [-0.39, 0.29) is 17.5 Å². The highest BCUT2D eigenvalue weighted by Crippen LogP contribution is 2.47. The Morgan fingerprint density at radius 3 is 2.60 bits per heavy atom. The zero-order chi connectivity index (χ0) is 19.2. The molecule has 2 N–H and O–H groups in total. The number of H-pyrrole nitrogens is 1. The van der Waals surface area contributed by atoms with E-state index in [4.69, 9.17) is 4.74 Å². The molecule has 0 amide bonds. The Kier molecular flexibility index (Phi) is 5.50. The fraction of sp³-hybridized carbons (Fsp3) is 0.750. The smallest absolute Gasteiger partial charge is 0.330 e. The summed E-state index contributed by atoms with van der Waals surface area (Å²) in [6.45, 7) is 9.40. The molecule has 142 valence electrons. The van der Waals surface area contributed by atoms with Crippen LogP contribution < -0.4 is 16.1 Å². The van der Waals surface area contributed by atoms with Crippen LogP contribution >= 0.6 is 7.60 Å². The number of aromatic amines is 1. The minimum atomic E-state index is -4.41. The first-order valence-electron chi connectivity index (χ1n) is 8.30. The van der Waals surface area contributed by atoms with E-state index in [1.807, 2.05) is 20.8 Å². The Bertz CT molecular complexity index is 787. The summed E-state index contributed by atoms with van der Waals surface area (Å²) in [6.07, 6.45) is 0.570. The van der Waals surface area contributed by atoms with Crippen molar-refractivity contribution >= 4 is 7.60 Å². The fourth-order valence-corrected chi connectivity index (χ4v) is 4.44. The summed E-state index contributed by atoms with van der Waals surface area (Å²) in [5, 5.41) is 0. The largest absolute Gasteiger partial charge is 0.779 e. The average molecular weight is 373 g/mol. The Morgan fingerprint density at radius 2 is 2.08 bits per heavy atom. The second-order valence-electron chi connectivity index (χ2n) is 8.04. The van der Waals surface area contributed by atoms with Gasteiger partial charge in [-0.2, -0.15) is 0 Å². The maximum absolute atomic E-state index is 12.1. The van der Waals surface area contributed by atoms with E-state index in [1.165, 1.54) is 10.8 Å². The molecule has 1 aromatic heterocycles. The van der Waals surface area contributed by atoms with Gasteiger partial charge in [-0.25, -0.2) is 4.79 Å². The average Bonchev–Trinajstić information content (AvgIpc) is 2.86. The molecule has 25 heavy (non-hydrogen) atoms. The number of hydrogen-bond donors (Lipinski definition) is 2. The summed E-state index contributed by atoms with van der Waals surface area (Å²) in [5.41, 5.74) is -0.787. The van der Waals surface area contributed by atoms with Crippen molar-refractivity contribution in [2.75, 3.05) is 6.16 Å². The lowest BCUT2D eigenvalue weighted by Crippen LogP contribution is -2.35. The number of nitrogens with zero attached hydrogens (tertiary/aromatic N) is 1. The molecule has 0 bridgehead atoms. The quantitative estimate of drug-likeness (QED) is 0.758. The number of nitrogens with one attached hydrogen (secondary N) is 1. The maximum Gasteiger partial charge on any atom is 0.330 e. The number of ether oxygens (including phenoxy) is 1. The fourth-order valence-electron chi connectivity index (χ4n) is 3.51. The van der Waals surface area contributed by atoms with Crippen molar-refractivity contribution in [3.05, 3.63) is 32.6 Å². The van der Waals surface area contributed by atoms with Crippen molar-refractivity contribution in [2.24, 2.45) is 17.3 Å². The van der Waals surface area contributed by atoms with Crippen LogP contribution in [-0.2, 0) is 9.30 Å². The number of rotatable bonds is 4. The maximum atomic E-state index is 12.1. The van der Waals surface area contributed by atoms with Crippen LogP contribution in [0.4, 0.5) is 0 Å². The van der Waals surface area contributed by atoms with Crippen LogP contribution in [-0.4, -0.2) is 26.7 Å². The van der Waals surface area contributed by atoms with Crippen LogP contribution in [0.15, 0.2) is 15.8 Å². The highest BCUT2D eigenvalue weighted by atomic mass is 31.2. The molecule has 0 aromatic carbocycles. The monoisotopic (exact) mass is 373 g/mol. The summed E-state index contributed by atoms with van der Waals surface area (Å²) >= 11 is 0. The van der Waals surface area contributed by atoms with E-state index >= 15 is 0 Å². The molecule has 1 fully saturated rings. The van der Waals surface area contributed by atoms with Crippen LogP contribution in [0.3, 0.4) is 0 Å². The van der Waals surface area contributed by atoms with Gasteiger partial charge in [0.25, 0.3) is 5.56 Å². The Labute approximate surface area is 146 Å². The summed E-state index contributed by atoms with van der Waals surface area (Å²) in [4.78, 5) is 46.4. The highest BCUT2D eigenvalue weighted by Gasteiger charge is 2.45. The van der Waals surface area contributed by atoms with E-state index in [1.54, 1.807) is 13.8 Å². The molecule has 1 saturated heterocycles. The van der Waals surface area contributed by atoms with Crippen molar-refractivity contribution in [3.8, 4) is 0 Å². The molecule has 2 heterocycles. The first kappa shape index (κ1) is 20.1. The predicted molar refractivity (Wildman–Crippen MR) is 91.4 cm³/mol. The number of aromatic nitrogens is 2. The zero-order valence-electron chi connectivity index (χ0n) is 15.2. The third kappa shape index (κ3) is 4.70. The molecule has 3 unspecified atom stereocenters. The van der Waals surface area contributed by atoms with Gasteiger partial charge in [-0.3, -0.25) is 14.3 Å². The van der Waals surface area contributed by atoms with Gasteiger partial charge in [0.2, 0.25) is 0 Å². The van der Waals surface area contributed by atoms with Crippen molar-refractivity contribution < 1.29 is 19.1 Å². The van der Waals surface area contributed by atoms with Crippen molar-refractivity contribution in [2.45, 2.75) is 53.4 Å². The van der Waals surface area contributed by atoms with E-state index in [0.29, 0.717) is 12.0 Å². The van der Waals surface area contributed by atoms with Crippen LogP contribution in [0.1, 0.15) is 45.9 Å². The zero-order valence-corrected chi connectivity index (χ0v) is 16.1. The molecular weight excluding hydrogens is 347 g/mol. The summed E-state index contributed by atoms with van der Waals surface area (Å²) < 4.78 is 18.7. The van der Waals surface area contributed by atoms with Gasteiger partial charge >= 0.3 is 5.69 Å². The molecule has 2 rings (SSSR count). The van der Waals surface area contributed by atoms with Crippen molar-refractivity contribution in [3.63, 3.8) is 0 Å². The SMILES string of the molecule is Cc1cn([C@H]2CC(C(C)(C)C)[C@@H](C(C)CP(=O)([O-])O)O2)c(=O)[nH]c1=O. The Balaban J connectivity index is 2.36.